The lowest BCUT2D eigenvalue weighted by Gasteiger charge is -2.35. The second kappa shape index (κ2) is 7.46. The van der Waals surface area contributed by atoms with E-state index in [2.05, 4.69) is 24.2 Å². The Morgan fingerprint density at radius 3 is 2.48 bits per heavy atom. The fraction of sp³-hybridized carbons (Fsp3) is 0.588. The summed E-state index contributed by atoms with van der Waals surface area (Å²) in [5, 5.41) is 3.33. The maximum absolute atomic E-state index is 12.5. The van der Waals surface area contributed by atoms with E-state index in [1.807, 2.05) is 36.2 Å². The molecular weight excluding hydrogens is 262 g/mol. The van der Waals surface area contributed by atoms with Gasteiger partial charge in [0.2, 0.25) is 0 Å². The quantitative estimate of drug-likeness (QED) is 0.905. The van der Waals surface area contributed by atoms with E-state index in [-0.39, 0.29) is 5.91 Å². The van der Waals surface area contributed by atoms with E-state index in [0.29, 0.717) is 6.04 Å². The summed E-state index contributed by atoms with van der Waals surface area (Å²) in [6.07, 6.45) is 3.23. The highest BCUT2D eigenvalue weighted by atomic mass is 16.2. The number of carbonyl (C=O) groups is 1. The number of carbonyl (C=O) groups excluding carboxylic acids is 1. The van der Waals surface area contributed by atoms with Crippen molar-refractivity contribution >= 4 is 11.6 Å². The Morgan fingerprint density at radius 1 is 1.29 bits per heavy atom. The van der Waals surface area contributed by atoms with E-state index in [9.17, 15) is 4.79 Å². The number of anilines is 1. The molecule has 1 aliphatic rings. The molecule has 0 aliphatic carbocycles. The average molecular weight is 289 g/mol. The van der Waals surface area contributed by atoms with Crippen molar-refractivity contribution in [1.82, 2.24) is 9.80 Å². The third kappa shape index (κ3) is 4.21. The molecule has 1 fully saturated rings. The van der Waals surface area contributed by atoms with Crippen LogP contribution in [0.3, 0.4) is 0 Å². The van der Waals surface area contributed by atoms with Crippen LogP contribution in [-0.2, 0) is 0 Å². The molecule has 0 atom stereocenters. The molecule has 0 unspecified atom stereocenters. The van der Waals surface area contributed by atoms with Crippen LogP contribution in [0, 0.1) is 0 Å². The smallest absolute Gasteiger partial charge is 0.253 e. The minimum Gasteiger partial charge on any atom is -0.385 e. The predicted octanol–water partition coefficient (Wildman–Crippen LogP) is 2.67. The summed E-state index contributed by atoms with van der Waals surface area (Å²) in [7, 11) is 4.07. The molecule has 1 aromatic rings. The molecule has 0 spiro atoms. The summed E-state index contributed by atoms with van der Waals surface area (Å²) < 4.78 is 0. The molecule has 0 saturated carbocycles. The normalized spacial score (nSPS) is 16.7. The van der Waals surface area contributed by atoms with Crippen molar-refractivity contribution in [2.24, 2.45) is 0 Å². The van der Waals surface area contributed by atoms with E-state index in [1.54, 1.807) is 0 Å². The van der Waals surface area contributed by atoms with Crippen LogP contribution in [0.25, 0.3) is 0 Å². The molecular formula is C17H27N3O. The van der Waals surface area contributed by atoms with Crippen molar-refractivity contribution in [1.29, 1.82) is 0 Å². The molecule has 2 rings (SSSR count). The van der Waals surface area contributed by atoms with Crippen molar-refractivity contribution in [3.8, 4) is 0 Å². The number of likely N-dealkylation sites (tertiary alicyclic amines) is 1. The first kappa shape index (κ1) is 15.8. The SMILES string of the molecule is CCCNc1ccc(C(=O)N(C)C2CCN(C)CC2)cc1. The van der Waals surface area contributed by atoms with Crippen LogP contribution in [0.4, 0.5) is 5.69 Å². The molecule has 1 N–H and O–H groups in total. The van der Waals surface area contributed by atoms with E-state index >= 15 is 0 Å². The molecule has 21 heavy (non-hydrogen) atoms. The molecule has 1 amide bonds. The second-order valence-electron chi connectivity index (χ2n) is 5.95. The van der Waals surface area contributed by atoms with Gasteiger partial charge in [-0.25, -0.2) is 0 Å². The Morgan fingerprint density at radius 2 is 1.90 bits per heavy atom. The Bertz CT molecular complexity index is 450. The summed E-state index contributed by atoms with van der Waals surface area (Å²) in [6.45, 7) is 5.24. The number of nitrogens with one attached hydrogen (secondary N) is 1. The standard InChI is InChI=1S/C17H27N3O/c1-4-11-18-15-7-5-14(6-8-15)17(21)20(3)16-9-12-19(2)13-10-16/h5-8,16,18H,4,9-13H2,1-3H3. The van der Waals surface area contributed by atoms with Gasteiger partial charge in [0.15, 0.2) is 0 Å². The number of piperidine rings is 1. The molecule has 4 heteroatoms. The van der Waals surface area contributed by atoms with Crippen LogP contribution >= 0.6 is 0 Å². The Labute approximate surface area is 128 Å². The van der Waals surface area contributed by atoms with E-state index in [1.165, 1.54) is 0 Å². The fourth-order valence-electron chi connectivity index (χ4n) is 2.75. The molecule has 1 aromatic carbocycles. The first-order valence-electron chi connectivity index (χ1n) is 7.91. The molecule has 0 radical (unpaired) electrons. The molecule has 4 nitrogen and oxygen atoms in total. The highest BCUT2D eigenvalue weighted by Gasteiger charge is 2.24. The predicted molar refractivity (Wildman–Crippen MR) is 87.8 cm³/mol. The van der Waals surface area contributed by atoms with Gasteiger partial charge in [-0.15, -0.1) is 0 Å². The van der Waals surface area contributed by atoms with Gasteiger partial charge in [0.25, 0.3) is 5.91 Å². The zero-order valence-electron chi connectivity index (χ0n) is 13.4. The minimum absolute atomic E-state index is 0.131. The van der Waals surface area contributed by atoms with Gasteiger partial charge in [-0.2, -0.15) is 0 Å². The van der Waals surface area contributed by atoms with E-state index in [0.717, 1.165) is 50.1 Å². The number of benzene rings is 1. The monoisotopic (exact) mass is 289 g/mol. The van der Waals surface area contributed by atoms with Crippen LogP contribution in [0.1, 0.15) is 36.5 Å². The van der Waals surface area contributed by atoms with Crippen molar-refractivity contribution in [2.75, 3.05) is 39.0 Å². The summed E-state index contributed by atoms with van der Waals surface area (Å²) in [5.74, 6) is 0.131. The Hall–Kier alpha value is -1.55. The summed E-state index contributed by atoms with van der Waals surface area (Å²) in [6, 6.07) is 8.19. The largest absolute Gasteiger partial charge is 0.385 e. The lowest BCUT2D eigenvalue weighted by molar-refractivity contribution is 0.0659. The molecule has 0 bridgehead atoms. The van der Waals surface area contributed by atoms with Gasteiger partial charge >= 0.3 is 0 Å². The third-order valence-corrected chi connectivity index (χ3v) is 4.27. The van der Waals surface area contributed by atoms with Gasteiger partial charge < -0.3 is 15.1 Å². The van der Waals surface area contributed by atoms with Gasteiger partial charge in [-0.05, 0) is 63.7 Å². The molecule has 116 valence electrons. The van der Waals surface area contributed by atoms with Crippen LogP contribution in [-0.4, -0.2) is 55.5 Å². The number of nitrogens with zero attached hydrogens (tertiary/aromatic N) is 2. The van der Waals surface area contributed by atoms with E-state index in [4.69, 9.17) is 0 Å². The van der Waals surface area contributed by atoms with Crippen molar-refractivity contribution in [3.63, 3.8) is 0 Å². The molecule has 0 aromatic heterocycles. The van der Waals surface area contributed by atoms with Crippen LogP contribution in [0.2, 0.25) is 0 Å². The maximum Gasteiger partial charge on any atom is 0.253 e. The first-order valence-corrected chi connectivity index (χ1v) is 7.91. The maximum atomic E-state index is 12.5. The number of amides is 1. The summed E-state index contributed by atoms with van der Waals surface area (Å²) in [4.78, 5) is 16.8. The summed E-state index contributed by atoms with van der Waals surface area (Å²) >= 11 is 0. The van der Waals surface area contributed by atoms with Crippen LogP contribution in [0.15, 0.2) is 24.3 Å². The van der Waals surface area contributed by atoms with Gasteiger partial charge in [-0.3, -0.25) is 4.79 Å². The lowest BCUT2D eigenvalue weighted by Crippen LogP contribution is -2.44. The Balaban J connectivity index is 1.95. The summed E-state index contributed by atoms with van der Waals surface area (Å²) in [5.41, 5.74) is 1.86. The van der Waals surface area contributed by atoms with Gasteiger partial charge in [-0.1, -0.05) is 6.92 Å². The Kier molecular flexibility index (Phi) is 5.62. The van der Waals surface area contributed by atoms with E-state index < -0.39 is 0 Å². The highest BCUT2D eigenvalue weighted by Crippen LogP contribution is 2.18. The zero-order valence-corrected chi connectivity index (χ0v) is 13.4. The lowest BCUT2D eigenvalue weighted by atomic mass is 10.0. The molecule has 1 heterocycles. The fourth-order valence-corrected chi connectivity index (χ4v) is 2.75. The molecule has 1 saturated heterocycles. The van der Waals surface area contributed by atoms with Gasteiger partial charge in [0.1, 0.15) is 0 Å². The van der Waals surface area contributed by atoms with Crippen LogP contribution < -0.4 is 5.32 Å². The van der Waals surface area contributed by atoms with Crippen LogP contribution in [0.5, 0.6) is 0 Å². The van der Waals surface area contributed by atoms with Crippen molar-refractivity contribution < 1.29 is 4.79 Å². The first-order chi connectivity index (χ1) is 10.1. The number of rotatable bonds is 5. The van der Waals surface area contributed by atoms with Crippen molar-refractivity contribution in [2.45, 2.75) is 32.2 Å². The highest BCUT2D eigenvalue weighted by molar-refractivity contribution is 5.94. The third-order valence-electron chi connectivity index (χ3n) is 4.27. The number of hydrogen-bond acceptors (Lipinski definition) is 3. The number of hydrogen-bond donors (Lipinski definition) is 1. The van der Waals surface area contributed by atoms with Gasteiger partial charge in [0, 0.05) is 30.9 Å². The second-order valence-corrected chi connectivity index (χ2v) is 5.95. The van der Waals surface area contributed by atoms with Gasteiger partial charge in [0.05, 0.1) is 0 Å². The van der Waals surface area contributed by atoms with Crippen molar-refractivity contribution in [3.05, 3.63) is 29.8 Å². The topological polar surface area (TPSA) is 35.6 Å². The average Bonchev–Trinajstić information content (AvgIpc) is 2.53. The zero-order chi connectivity index (χ0) is 15.2. The molecule has 1 aliphatic heterocycles. The minimum atomic E-state index is 0.131.